The standard InChI is InChI=1S/C17H25BrN2O/c18-15-5-4-13-9-17(11-19,7-6-12(13)8-15)20-16-3-1-2-14(16)10-21/h4-5,8,14,16,20-21H,1-3,6-7,9-11,19H2. The van der Waals surface area contributed by atoms with E-state index in [4.69, 9.17) is 5.73 Å². The molecule has 4 N–H and O–H groups in total. The second-order valence-electron chi connectivity index (χ2n) is 6.70. The molecule has 0 aromatic heterocycles. The van der Waals surface area contributed by atoms with Crippen molar-refractivity contribution in [2.24, 2.45) is 11.7 Å². The highest BCUT2D eigenvalue weighted by Crippen LogP contribution is 2.33. The predicted molar refractivity (Wildman–Crippen MR) is 89.3 cm³/mol. The number of hydrogen-bond acceptors (Lipinski definition) is 3. The lowest BCUT2D eigenvalue weighted by Gasteiger charge is -2.41. The van der Waals surface area contributed by atoms with Crippen molar-refractivity contribution in [1.82, 2.24) is 5.32 Å². The number of halogens is 1. The first-order valence-corrected chi connectivity index (χ1v) is 8.81. The monoisotopic (exact) mass is 352 g/mol. The number of hydrogen-bond donors (Lipinski definition) is 3. The van der Waals surface area contributed by atoms with Gasteiger partial charge in [-0.25, -0.2) is 0 Å². The molecule has 4 heteroatoms. The molecule has 0 amide bonds. The van der Waals surface area contributed by atoms with Gasteiger partial charge < -0.3 is 16.2 Å². The van der Waals surface area contributed by atoms with Gasteiger partial charge in [-0.3, -0.25) is 0 Å². The summed E-state index contributed by atoms with van der Waals surface area (Å²) >= 11 is 3.56. The molecule has 1 aromatic carbocycles. The van der Waals surface area contributed by atoms with Crippen LogP contribution in [0.15, 0.2) is 22.7 Å². The number of aliphatic hydroxyl groups excluding tert-OH is 1. The average Bonchev–Trinajstić information content (AvgIpc) is 2.94. The van der Waals surface area contributed by atoms with Gasteiger partial charge in [-0.15, -0.1) is 0 Å². The van der Waals surface area contributed by atoms with Crippen molar-refractivity contribution in [3.63, 3.8) is 0 Å². The largest absolute Gasteiger partial charge is 0.396 e. The zero-order chi connectivity index (χ0) is 14.9. The summed E-state index contributed by atoms with van der Waals surface area (Å²) < 4.78 is 1.16. The molecule has 21 heavy (non-hydrogen) atoms. The smallest absolute Gasteiger partial charge is 0.0474 e. The van der Waals surface area contributed by atoms with Crippen LogP contribution in [0, 0.1) is 5.92 Å². The molecule has 2 aliphatic rings. The molecule has 0 radical (unpaired) electrons. The van der Waals surface area contributed by atoms with Crippen molar-refractivity contribution < 1.29 is 5.11 Å². The molecule has 0 spiro atoms. The molecular weight excluding hydrogens is 328 g/mol. The van der Waals surface area contributed by atoms with Crippen molar-refractivity contribution in [3.05, 3.63) is 33.8 Å². The minimum atomic E-state index is 0.00323. The molecule has 0 aliphatic heterocycles. The van der Waals surface area contributed by atoms with Gasteiger partial charge in [-0.1, -0.05) is 28.4 Å². The number of nitrogens with two attached hydrogens (primary N) is 1. The Morgan fingerprint density at radius 3 is 2.95 bits per heavy atom. The third kappa shape index (κ3) is 3.19. The van der Waals surface area contributed by atoms with E-state index in [0.717, 1.165) is 30.2 Å². The molecule has 1 fully saturated rings. The zero-order valence-electron chi connectivity index (χ0n) is 12.4. The number of fused-ring (bicyclic) bond motifs is 1. The zero-order valence-corrected chi connectivity index (χ0v) is 14.0. The fourth-order valence-electron chi connectivity index (χ4n) is 4.02. The number of aryl methyl sites for hydroxylation is 1. The van der Waals surface area contributed by atoms with Crippen molar-refractivity contribution >= 4 is 15.9 Å². The van der Waals surface area contributed by atoms with E-state index < -0.39 is 0 Å². The van der Waals surface area contributed by atoms with Gasteiger partial charge in [0.25, 0.3) is 0 Å². The van der Waals surface area contributed by atoms with E-state index in [0.29, 0.717) is 25.1 Å². The molecule has 3 atom stereocenters. The molecule has 116 valence electrons. The van der Waals surface area contributed by atoms with Crippen LogP contribution in [0.3, 0.4) is 0 Å². The Morgan fingerprint density at radius 1 is 1.33 bits per heavy atom. The van der Waals surface area contributed by atoms with Crippen LogP contribution in [0.25, 0.3) is 0 Å². The Kier molecular flexibility index (Phi) is 4.69. The Bertz CT molecular complexity index is 508. The maximum atomic E-state index is 9.53. The molecule has 1 saturated carbocycles. The van der Waals surface area contributed by atoms with Gasteiger partial charge in [0.05, 0.1) is 0 Å². The van der Waals surface area contributed by atoms with Gasteiger partial charge in [-0.2, -0.15) is 0 Å². The molecule has 0 heterocycles. The van der Waals surface area contributed by atoms with Crippen LogP contribution in [0.4, 0.5) is 0 Å². The summed E-state index contributed by atoms with van der Waals surface area (Å²) in [6.45, 7) is 0.957. The van der Waals surface area contributed by atoms with Crippen LogP contribution in [0.5, 0.6) is 0 Å². The molecule has 1 aromatic rings. The van der Waals surface area contributed by atoms with E-state index >= 15 is 0 Å². The number of rotatable bonds is 4. The summed E-state index contributed by atoms with van der Waals surface area (Å²) in [4.78, 5) is 0. The average molecular weight is 353 g/mol. The minimum absolute atomic E-state index is 0.00323. The third-order valence-electron chi connectivity index (χ3n) is 5.35. The maximum Gasteiger partial charge on any atom is 0.0474 e. The molecule has 3 unspecified atom stereocenters. The lowest BCUT2D eigenvalue weighted by atomic mass is 9.77. The van der Waals surface area contributed by atoms with E-state index in [1.807, 2.05) is 0 Å². The van der Waals surface area contributed by atoms with E-state index in [9.17, 15) is 5.11 Å². The lowest BCUT2D eigenvalue weighted by molar-refractivity contribution is 0.172. The topological polar surface area (TPSA) is 58.3 Å². The van der Waals surface area contributed by atoms with Crippen LogP contribution in [0.2, 0.25) is 0 Å². The first kappa shape index (κ1) is 15.5. The Hall–Kier alpha value is -0.420. The fraction of sp³-hybridized carbons (Fsp3) is 0.647. The summed E-state index contributed by atoms with van der Waals surface area (Å²) in [5, 5.41) is 13.4. The third-order valence-corrected chi connectivity index (χ3v) is 5.84. The molecule has 0 bridgehead atoms. The van der Waals surface area contributed by atoms with Crippen molar-refractivity contribution in [2.45, 2.75) is 50.1 Å². The Morgan fingerprint density at radius 2 is 2.19 bits per heavy atom. The summed E-state index contributed by atoms with van der Waals surface area (Å²) in [5.74, 6) is 0.403. The molecular formula is C17H25BrN2O. The van der Waals surface area contributed by atoms with Crippen LogP contribution in [0.1, 0.15) is 36.8 Å². The molecule has 2 aliphatic carbocycles. The van der Waals surface area contributed by atoms with Crippen molar-refractivity contribution in [3.8, 4) is 0 Å². The lowest BCUT2D eigenvalue weighted by Crippen LogP contribution is -2.59. The van der Waals surface area contributed by atoms with Gasteiger partial charge in [0, 0.05) is 29.2 Å². The van der Waals surface area contributed by atoms with Gasteiger partial charge in [0.2, 0.25) is 0 Å². The quantitative estimate of drug-likeness (QED) is 0.779. The second-order valence-corrected chi connectivity index (χ2v) is 7.61. The normalized spacial score (nSPS) is 32.1. The second kappa shape index (κ2) is 6.37. The van der Waals surface area contributed by atoms with Gasteiger partial charge in [0.1, 0.15) is 0 Å². The van der Waals surface area contributed by atoms with Crippen LogP contribution in [-0.2, 0) is 12.8 Å². The minimum Gasteiger partial charge on any atom is -0.396 e. The van der Waals surface area contributed by atoms with Gasteiger partial charge in [-0.05, 0) is 61.3 Å². The van der Waals surface area contributed by atoms with Gasteiger partial charge in [0.15, 0.2) is 0 Å². The molecule has 3 nitrogen and oxygen atoms in total. The number of nitrogens with one attached hydrogen (secondary N) is 1. The van der Waals surface area contributed by atoms with Crippen molar-refractivity contribution in [2.75, 3.05) is 13.2 Å². The van der Waals surface area contributed by atoms with Gasteiger partial charge >= 0.3 is 0 Å². The highest BCUT2D eigenvalue weighted by atomic mass is 79.9. The summed E-state index contributed by atoms with van der Waals surface area (Å²) in [7, 11) is 0. The highest BCUT2D eigenvalue weighted by molar-refractivity contribution is 9.10. The maximum absolute atomic E-state index is 9.53. The predicted octanol–water partition coefficient (Wildman–Crippen LogP) is 2.39. The Labute approximate surface area is 135 Å². The van der Waals surface area contributed by atoms with Crippen LogP contribution >= 0.6 is 15.9 Å². The highest BCUT2D eigenvalue weighted by Gasteiger charge is 2.38. The van der Waals surface area contributed by atoms with E-state index in [1.165, 1.54) is 24.0 Å². The van der Waals surface area contributed by atoms with Crippen molar-refractivity contribution in [1.29, 1.82) is 0 Å². The summed E-state index contributed by atoms with van der Waals surface area (Å²) in [6.07, 6.45) is 6.68. The van der Waals surface area contributed by atoms with E-state index in [1.54, 1.807) is 0 Å². The molecule has 3 rings (SSSR count). The molecule has 0 saturated heterocycles. The summed E-state index contributed by atoms with van der Waals surface area (Å²) in [6, 6.07) is 7.01. The number of aliphatic hydroxyl groups is 1. The van der Waals surface area contributed by atoms with Crippen LogP contribution < -0.4 is 11.1 Å². The summed E-state index contributed by atoms with van der Waals surface area (Å²) in [5.41, 5.74) is 9.02. The first-order chi connectivity index (χ1) is 10.2. The van der Waals surface area contributed by atoms with E-state index in [2.05, 4.69) is 39.4 Å². The SMILES string of the molecule is NCC1(NC2CCCC2CO)CCc2cc(Br)ccc2C1. The Balaban J connectivity index is 1.77. The number of benzene rings is 1. The van der Waals surface area contributed by atoms with Crippen LogP contribution in [-0.4, -0.2) is 29.8 Å². The first-order valence-electron chi connectivity index (χ1n) is 8.02. The fourth-order valence-corrected chi connectivity index (χ4v) is 4.43. The van der Waals surface area contributed by atoms with E-state index in [-0.39, 0.29) is 5.54 Å².